The Morgan fingerprint density at radius 2 is 0.318 bits per heavy atom. The molecule has 0 aromatic rings. The van der Waals surface area contributed by atoms with Gasteiger partial charge in [0, 0.05) is 34.5 Å². The summed E-state index contributed by atoms with van der Waals surface area (Å²) in [6.07, 6.45) is -49.7. The summed E-state index contributed by atoms with van der Waals surface area (Å²) in [5, 5.41) is 136. The topological polar surface area (TPSA) is 354 Å². The molecule has 30 heteroatoms. The summed E-state index contributed by atoms with van der Waals surface area (Å²) in [6.45, 7) is 0. The van der Waals surface area contributed by atoms with E-state index in [4.69, 9.17) is 56.8 Å². The van der Waals surface area contributed by atoms with Crippen LogP contribution >= 0.6 is 75.8 Å². The lowest BCUT2D eigenvalue weighted by molar-refractivity contribution is -0.396. The molecule has 22 aliphatic rings. The summed E-state index contributed by atoms with van der Waals surface area (Å²) in [4.78, 5) is 0. The molecule has 12 N–H and O–H groups in total. The van der Waals surface area contributed by atoms with Crippen LogP contribution in [0.3, 0.4) is 0 Å². The van der Waals surface area contributed by atoms with Gasteiger partial charge in [-0.25, -0.2) is 0 Å². The van der Waals surface area contributed by atoms with Crippen molar-refractivity contribution in [1.82, 2.24) is 0 Å². The van der Waals surface area contributed by atoms with E-state index in [-0.39, 0.29) is 34.5 Å². The highest BCUT2D eigenvalue weighted by Crippen LogP contribution is 2.38. The van der Waals surface area contributed by atoms with Crippen LogP contribution in [0.2, 0.25) is 0 Å². The molecule has 22 rings (SSSR count). The van der Waals surface area contributed by atoms with E-state index in [0.29, 0.717) is 0 Å². The van der Waals surface area contributed by atoms with Crippen molar-refractivity contribution in [2.45, 2.75) is 184 Å². The van der Waals surface area contributed by atoms with E-state index >= 15 is 0 Å². The SMILES string of the molecule is OC1C2OC(CS)C(OC3OC(CS)C(OC4OC(CS)C(OC5OC(CS)C(OC6OC(CS)C(OC7OC(CS)C(O2)C(O)C7O)C(O)C6O)C(O)C5O)C(O)C4O)C(O)C3O)C1O. The molecule has 0 spiro atoms. The fourth-order valence-corrected chi connectivity index (χ4v) is 10.7. The van der Waals surface area contributed by atoms with Crippen molar-refractivity contribution >= 4 is 75.8 Å². The smallest absolute Gasteiger partial charge is 0.187 e. The normalized spacial score (nSPS) is 55.4. The fraction of sp³-hybridized carbons (Fsp3) is 1.00. The molecule has 0 amide bonds. The number of aliphatic hydroxyl groups is 12. The summed E-state index contributed by atoms with van der Waals surface area (Å²) >= 11 is 25.8. The quantitative estimate of drug-likeness (QED) is 0.110. The zero-order valence-corrected chi connectivity index (χ0v) is 39.9. The van der Waals surface area contributed by atoms with Crippen molar-refractivity contribution in [3.63, 3.8) is 0 Å². The van der Waals surface area contributed by atoms with Gasteiger partial charge in [-0.3, -0.25) is 0 Å². The van der Waals surface area contributed by atoms with Crippen molar-refractivity contribution in [1.29, 1.82) is 0 Å². The maximum atomic E-state index is 11.4. The Morgan fingerprint density at radius 1 is 0.197 bits per heavy atom. The van der Waals surface area contributed by atoms with Gasteiger partial charge < -0.3 is 118 Å². The minimum Gasteiger partial charge on any atom is -0.387 e. The first-order chi connectivity index (χ1) is 31.4. The molecule has 22 saturated heterocycles. The maximum absolute atomic E-state index is 11.4. The molecule has 0 aliphatic carbocycles. The first kappa shape index (κ1) is 54.9. The van der Waals surface area contributed by atoms with Gasteiger partial charge in [-0.2, -0.15) is 75.8 Å². The molecule has 0 aromatic carbocycles. The Morgan fingerprint density at radius 3 is 0.424 bits per heavy atom. The predicted molar refractivity (Wildman–Crippen MR) is 236 cm³/mol. The zero-order chi connectivity index (χ0) is 48.0. The van der Waals surface area contributed by atoms with Gasteiger partial charge in [0.05, 0.1) is 36.6 Å². The number of thiol groups is 6. The lowest BCUT2D eigenvalue weighted by Crippen LogP contribution is -2.68. The monoisotopic (exact) mass is 1070 g/mol. The molecular weight excluding hydrogens is 1010 g/mol. The van der Waals surface area contributed by atoms with Crippen LogP contribution in [-0.2, 0) is 56.8 Å². The van der Waals surface area contributed by atoms with Gasteiger partial charge in [-0.15, -0.1) is 0 Å². The maximum Gasteiger partial charge on any atom is 0.187 e. The standard InChI is InChI=1S/C36H60O24S6/c37-13-19(43)31-49-7(1-61)25(13)55-32-20(44)14(38)27(9(3-63)50-32)57-34-22(46)16(40)29(11(5-65)52-34)59-36-24(48)18(42)30(12(6-66)54-36)60-35-23(47)17(41)28(10(4-64)53-35)58-33-21(45)15(39)26(56-31)8(2-62)51-33/h7-48,61-66H,1-6H2. The lowest BCUT2D eigenvalue weighted by atomic mass is 9.95. The van der Waals surface area contributed by atoms with Crippen molar-refractivity contribution in [3.05, 3.63) is 0 Å². The first-order valence-electron chi connectivity index (χ1n) is 21.1. The number of hydrogen-bond acceptors (Lipinski definition) is 30. The van der Waals surface area contributed by atoms with Crippen LogP contribution in [0.4, 0.5) is 0 Å². The van der Waals surface area contributed by atoms with E-state index in [9.17, 15) is 61.3 Å². The number of aliphatic hydroxyl groups excluding tert-OH is 12. The highest BCUT2D eigenvalue weighted by molar-refractivity contribution is 7.81. The average Bonchev–Trinajstić information content (AvgIpc) is 3.31. The van der Waals surface area contributed by atoms with Crippen LogP contribution in [0.25, 0.3) is 0 Å². The highest BCUT2D eigenvalue weighted by atomic mass is 32.1. The Kier molecular flexibility index (Phi) is 19.6. The van der Waals surface area contributed by atoms with Crippen LogP contribution in [0.15, 0.2) is 0 Å². The van der Waals surface area contributed by atoms with Gasteiger partial charge >= 0.3 is 0 Å². The molecular formula is C36H60O24S6. The molecule has 0 saturated carbocycles. The van der Waals surface area contributed by atoms with Gasteiger partial charge in [0.25, 0.3) is 0 Å². The molecule has 24 nitrogen and oxygen atoms in total. The zero-order valence-electron chi connectivity index (χ0n) is 34.5. The second-order valence-corrected chi connectivity index (χ2v) is 19.0. The van der Waals surface area contributed by atoms with E-state index in [1.165, 1.54) is 0 Å². The van der Waals surface area contributed by atoms with Crippen molar-refractivity contribution in [2.24, 2.45) is 0 Å². The van der Waals surface area contributed by atoms with E-state index in [0.717, 1.165) is 0 Å². The molecule has 384 valence electrons. The third kappa shape index (κ3) is 10.9. The minimum absolute atomic E-state index is 0.200. The van der Waals surface area contributed by atoms with Crippen LogP contribution in [0.1, 0.15) is 0 Å². The molecule has 22 heterocycles. The number of ether oxygens (including phenoxy) is 12. The third-order valence-corrected chi connectivity index (χ3v) is 14.8. The molecule has 0 aromatic heterocycles. The van der Waals surface area contributed by atoms with Crippen molar-refractivity contribution < 1.29 is 118 Å². The molecule has 0 radical (unpaired) electrons. The van der Waals surface area contributed by atoms with Crippen molar-refractivity contribution in [3.8, 4) is 0 Å². The molecule has 66 heavy (non-hydrogen) atoms. The molecule has 30 unspecified atom stereocenters. The van der Waals surface area contributed by atoms with Crippen LogP contribution < -0.4 is 0 Å². The average molecular weight is 1070 g/mol. The summed E-state index contributed by atoms with van der Waals surface area (Å²) < 4.78 is 71.3. The Bertz CT molecular complexity index is 1260. The molecule has 30 atom stereocenters. The van der Waals surface area contributed by atoms with E-state index < -0.39 is 184 Å². The van der Waals surface area contributed by atoms with E-state index in [2.05, 4.69) is 75.8 Å². The van der Waals surface area contributed by atoms with E-state index in [1.54, 1.807) is 0 Å². The second kappa shape index (κ2) is 23.6. The number of rotatable bonds is 6. The van der Waals surface area contributed by atoms with Gasteiger partial charge in [0.15, 0.2) is 37.7 Å². The highest BCUT2D eigenvalue weighted by Gasteiger charge is 2.58. The lowest BCUT2D eigenvalue weighted by Gasteiger charge is -2.51. The molecule has 22 aliphatic heterocycles. The Balaban J connectivity index is 1.19. The Labute approximate surface area is 410 Å². The summed E-state index contributed by atoms with van der Waals surface area (Å²) in [5.41, 5.74) is 0. The first-order valence-corrected chi connectivity index (χ1v) is 24.9. The van der Waals surface area contributed by atoms with Crippen molar-refractivity contribution in [2.75, 3.05) is 34.5 Å². The van der Waals surface area contributed by atoms with Crippen LogP contribution in [0, 0.1) is 0 Å². The van der Waals surface area contributed by atoms with E-state index in [1.807, 2.05) is 0 Å². The second-order valence-electron chi connectivity index (χ2n) is 16.8. The van der Waals surface area contributed by atoms with Crippen LogP contribution in [-0.4, -0.2) is 280 Å². The largest absolute Gasteiger partial charge is 0.387 e. The van der Waals surface area contributed by atoms with Gasteiger partial charge in [0.2, 0.25) is 0 Å². The number of hydrogen-bond donors (Lipinski definition) is 18. The summed E-state index contributed by atoms with van der Waals surface area (Å²) in [5.74, 6) is -1.20. The molecule has 12 bridgehead atoms. The van der Waals surface area contributed by atoms with Gasteiger partial charge in [-0.05, 0) is 0 Å². The molecule has 22 fully saturated rings. The fourth-order valence-electron chi connectivity index (χ4n) is 8.93. The summed E-state index contributed by atoms with van der Waals surface area (Å²) in [6, 6.07) is 0. The predicted octanol–water partition coefficient (Wildman–Crippen LogP) is -7.43. The van der Waals surface area contributed by atoms with Crippen LogP contribution in [0.5, 0.6) is 0 Å². The third-order valence-electron chi connectivity index (χ3n) is 12.7. The minimum atomic E-state index is -1.94. The van der Waals surface area contributed by atoms with Gasteiger partial charge in [0.1, 0.15) is 110 Å². The Hall–Kier alpha value is 1.14. The van der Waals surface area contributed by atoms with Gasteiger partial charge in [-0.1, -0.05) is 0 Å². The summed E-state index contributed by atoms with van der Waals surface area (Å²) in [7, 11) is 0.